The molecule has 0 saturated carbocycles. The van der Waals surface area contributed by atoms with E-state index in [0.717, 1.165) is 41.0 Å². The molecule has 0 aliphatic rings. The first-order chi connectivity index (χ1) is 14.5. The van der Waals surface area contributed by atoms with Gasteiger partial charge in [0.1, 0.15) is 5.75 Å². The quantitative estimate of drug-likeness (QED) is 0.213. The van der Waals surface area contributed by atoms with Crippen molar-refractivity contribution < 1.29 is 4.74 Å². The molecule has 0 aliphatic heterocycles. The van der Waals surface area contributed by atoms with E-state index in [4.69, 9.17) is 34.9 Å². The fourth-order valence-corrected chi connectivity index (χ4v) is 3.57. The number of para-hydroxylation sites is 1. The molecule has 0 bridgehead atoms. The third-order valence-corrected chi connectivity index (χ3v) is 5.39. The number of nitrogens with one attached hydrogen (secondary N) is 3. The van der Waals surface area contributed by atoms with Crippen LogP contribution in [0.5, 0.6) is 5.75 Å². The number of halogens is 1. The molecule has 0 aromatic heterocycles. The third-order valence-electron chi connectivity index (χ3n) is 4.35. The minimum Gasteiger partial charge on any atom is -0.494 e. The lowest BCUT2D eigenvalue weighted by Gasteiger charge is -2.11. The second-order valence-corrected chi connectivity index (χ2v) is 8.55. The zero-order valence-corrected chi connectivity index (χ0v) is 20.2. The molecule has 162 valence electrons. The molecular weight excluding hydrogens is 480 g/mol. The number of unbranched alkanes of at least 4 members (excludes halogenated alkanes) is 5. The number of benzene rings is 2. The van der Waals surface area contributed by atoms with Gasteiger partial charge in [-0.2, -0.15) is 0 Å². The van der Waals surface area contributed by atoms with Crippen molar-refractivity contribution in [2.24, 2.45) is 5.73 Å². The molecular formula is C22H29BrN4OS2. The smallest absolute Gasteiger partial charge is 0.170 e. The summed E-state index contributed by atoms with van der Waals surface area (Å²) in [6.45, 7) is 1.60. The minimum atomic E-state index is 0.254. The summed E-state index contributed by atoms with van der Waals surface area (Å²) >= 11 is 13.7. The van der Waals surface area contributed by atoms with Crippen LogP contribution >= 0.6 is 40.4 Å². The summed E-state index contributed by atoms with van der Waals surface area (Å²) in [5.74, 6) is 0.828. The van der Waals surface area contributed by atoms with Crippen molar-refractivity contribution in [1.29, 1.82) is 0 Å². The molecule has 0 saturated heterocycles. The van der Waals surface area contributed by atoms with Crippen LogP contribution in [0.15, 0.2) is 53.0 Å². The van der Waals surface area contributed by atoms with E-state index in [1.165, 1.54) is 25.7 Å². The van der Waals surface area contributed by atoms with Gasteiger partial charge in [0.05, 0.1) is 12.3 Å². The van der Waals surface area contributed by atoms with Crippen molar-refractivity contribution in [3.8, 4) is 5.75 Å². The molecule has 0 atom stereocenters. The van der Waals surface area contributed by atoms with Crippen LogP contribution < -0.4 is 26.4 Å². The second kappa shape index (κ2) is 14.2. The van der Waals surface area contributed by atoms with Crippen molar-refractivity contribution in [2.45, 2.75) is 38.5 Å². The molecule has 30 heavy (non-hydrogen) atoms. The topological polar surface area (TPSA) is 71.3 Å². The van der Waals surface area contributed by atoms with Gasteiger partial charge in [-0.25, -0.2) is 0 Å². The molecule has 2 aromatic carbocycles. The fraction of sp³-hybridized carbons (Fsp3) is 0.364. The summed E-state index contributed by atoms with van der Waals surface area (Å²) in [4.78, 5) is 0. The Morgan fingerprint density at radius 1 is 0.900 bits per heavy atom. The molecule has 0 spiro atoms. The first-order valence-corrected chi connectivity index (χ1v) is 11.7. The van der Waals surface area contributed by atoms with Crippen LogP contribution in [0, 0.1) is 0 Å². The van der Waals surface area contributed by atoms with Crippen molar-refractivity contribution in [3.63, 3.8) is 0 Å². The van der Waals surface area contributed by atoms with E-state index in [1.54, 1.807) is 0 Å². The van der Waals surface area contributed by atoms with Gasteiger partial charge in [0, 0.05) is 22.8 Å². The van der Waals surface area contributed by atoms with Crippen molar-refractivity contribution >= 4 is 62.0 Å². The Morgan fingerprint density at radius 3 is 2.40 bits per heavy atom. The number of thiocarbonyl (C=S) groups is 2. The lowest BCUT2D eigenvalue weighted by Crippen LogP contribution is -2.29. The van der Waals surface area contributed by atoms with Gasteiger partial charge in [-0.1, -0.05) is 43.9 Å². The Bertz CT molecular complexity index is 819. The maximum Gasteiger partial charge on any atom is 0.170 e. The van der Waals surface area contributed by atoms with Gasteiger partial charge < -0.3 is 26.4 Å². The Hall–Kier alpha value is -1.90. The zero-order valence-electron chi connectivity index (χ0n) is 17.0. The van der Waals surface area contributed by atoms with Crippen LogP contribution in [-0.2, 0) is 0 Å². The predicted octanol–water partition coefficient (Wildman–Crippen LogP) is 5.81. The Kier molecular flexibility index (Phi) is 11.5. The van der Waals surface area contributed by atoms with E-state index < -0.39 is 0 Å². The number of nitrogens with two attached hydrogens (primary N) is 1. The van der Waals surface area contributed by atoms with E-state index in [-0.39, 0.29) is 5.11 Å². The van der Waals surface area contributed by atoms with E-state index in [1.807, 2.05) is 48.5 Å². The van der Waals surface area contributed by atoms with E-state index >= 15 is 0 Å². The third kappa shape index (κ3) is 10.2. The maximum atomic E-state index is 5.80. The first kappa shape index (κ1) is 24.4. The Labute approximate surface area is 198 Å². The van der Waals surface area contributed by atoms with Crippen LogP contribution in [0.25, 0.3) is 0 Å². The molecule has 8 heteroatoms. The highest BCUT2D eigenvalue weighted by Gasteiger charge is 2.01. The normalized spacial score (nSPS) is 10.3. The molecule has 0 radical (unpaired) electrons. The molecule has 0 heterocycles. The summed E-state index contributed by atoms with van der Waals surface area (Å²) in [7, 11) is 0. The maximum absolute atomic E-state index is 5.80. The summed E-state index contributed by atoms with van der Waals surface area (Å²) in [5, 5.41) is 10.3. The molecule has 2 rings (SSSR count). The van der Waals surface area contributed by atoms with Crippen LogP contribution in [0.1, 0.15) is 38.5 Å². The lowest BCUT2D eigenvalue weighted by molar-refractivity contribution is 0.304. The highest BCUT2D eigenvalue weighted by Crippen LogP contribution is 2.21. The number of anilines is 2. The number of rotatable bonds is 12. The summed E-state index contributed by atoms with van der Waals surface area (Å²) < 4.78 is 6.80. The molecule has 5 N–H and O–H groups in total. The van der Waals surface area contributed by atoms with Crippen LogP contribution in [0.2, 0.25) is 0 Å². The Morgan fingerprint density at radius 2 is 1.63 bits per heavy atom. The van der Waals surface area contributed by atoms with Crippen LogP contribution in [-0.4, -0.2) is 23.4 Å². The fourth-order valence-electron chi connectivity index (χ4n) is 2.86. The molecule has 0 aliphatic carbocycles. The van der Waals surface area contributed by atoms with Gasteiger partial charge in [-0.05, 0) is 77.5 Å². The average Bonchev–Trinajstić information content (AvgIpc) is 2.71. The highest BCUT2D eigenvalue weighted by atomic mass is 79.9. The van der Waals surface area contributed by atoms with E-state index in [0.29, 0.717) is 11.7 Å². The van der Waals surface area contributed by atoms with E-state index in [9.17, 15) is 0 Å². The summed E-state index contributed by atoms with van der Waals surface area (Å²) in [6, 6.07) is 15.6. The molecule has 0 unspecified atom stereocenters. The molecule has 2 aromatic rings. The van der Waals surface area contributed by atoms with Gasteiger partial charge in [0.25, 0.3) is 0 Å². The highest BCUT2D eigenvalue weighted by molar-refractivity contribution is 9.10. The largest absolute Gasteiger partial charge is 0.494 e. The molecule has 0 fully saturated rings. The number of hydrogen-bond donors (Lipinski definition) is 4. The van der Waals surface area contributed by atoms with Crippen LogP contribution in [0.3, 0.4) is 0 Å². The number of ether oxygens (including phenoxy) is 1. The molecule has 0 amide bonds. The van der Waals surface area contributed by atoms with Crippen LogP contribution in [0.4, 0.5) is 11.4 Å². The predicted molar refractivity (Wildman–Crippen MR) is 138 cm³/mol. The van der Waals surface area contributed by atoms with Gasteiger partial charge in [-0.3, -0.25) is 0 Å². The van der Waals surface area contributed by atoms with Gasteiger partial charge in [-0.15, -0.1) is 0 Å². The zero-order chi connectivity index (χ0) is 21.6. The molecule has 5 nitrogen and oxygen atoms in total. The second-order valence-electron chi connectivity index (χ2n) is 6.85. The van der Waals surface area contributed by atoms with Gasteiger partial charge >= 0.3 is 0 Å². The summed E-state index contributed by atoms with van der Waals surface area (Å²) in [6.07, 6.45) is 6.95. The minimum absolute atomic E-state index is 0.254. The van der Waals surface area contributed by atoms with Crippen molar-refractivity contribution in [3.05, 3.63) is 53.0 Å². The first-order valence-electron chi connectivity index (χ1n) is 10.1. The SMILES string of the molecule is NC(=S)Nc1cccc(OCCCCCCCCNC(=S)Nc2ccccc2Br)c1. The Balaban J connectivity index is 1.45. The number of hydrogen-bond acceptors (Lipinski definition) is 3. The lowest BCUT2D eigenvalue weighted by atomic mass is 10.1. The summed E-state index contributed by atoms with van der Waals surface area (Å²) in [5.41, 5.74) is 7.31. The average molecular weight is 510 g/mol. The standard InChI is InChI=1S/C22H29BrN4OS2/c23-19-12-5-6-13-20(19)27-22(30)25-14-7-3-1-2-4-8-15-28-18-11-9-10-17(16-18)26-21(24)29/h5-6,9-13,16H,1-4,7-8,14-15H2,(H3,24,26,29)(H2,25,27,30). The van der Waals surface area contributed by atoms with Crippen molar-refractivity contribution in [2.75, 3.05) is 23.8 Å². The monoisotopic (exact) mass is 508 g/mol. The van der Waals surface area contributed by atoms with E-state index in [2.05, 4.69) is 31.9 Å². The van der Waals surface area contributed by atoms with Crippen molar-refractivity contribution in [1.82, 2.24) is 5.32 Å². The van der Waals surface area contributed by atoms with Gasteiger partial charge in [0.15, 0.2) is 10.2 Å². The van der Waals surface area contributed by atoms with Gasteiger partial charge in [0.2, 0.25) is 0 Å².